The number of anilines is 2. The highest BCUT2D eigenvalue weighted by Crippen LogP contribution is 2.60. The molecule has 0 radical (unpaired) electrons. The summed E-state index contributed by atoms with van der Waals surface area (Å²) >= 11 is 0. The number of rotatable bonds is 8. The molecular weight excluding hydrogens is 598 g/mol. The van der Waals surface area contributed by atoms with Crippen molar-refractivity contribution in [2.45, 2.75) is 50.9 Å². The third-order valence-electron chi connectivity index (χ3n) is 9.48. The number of hydrogen-bond donors (Lipinski definition) is 4. The summed E-state index contributed by atoms with van der Waals surface area (Å²) < 4.78 is 56.0. The lowest BCUT2D eigenvalue weighted by molar-refractivity contribution is -0.206. The van der Waals surface area contributed by atoms with Crippen LogP contribution in [0.5, 0.6) is 0 Å². The van der Waals surface area contributed by atoms with Gasteiger partial charge in [-0.15, -0.1) is 5.53 Å². The normalized spacial score (nSPS) is 21.0. The molecule has 0 unspecified atom stereocenters. The van der Waals surface area contributed by atoms with Crippen molar-refractivity contribution in [2.24, 2.45) is 11.3 Å². The fraction of sp³-hybridized carbons (Fsp3) is 0.333. The smallest absolute Gasteiger partial charge is 0.382 e. The molecule has 3 aliphatic carbocycles. The fourth-order valence-electron chi connectivity index (χ4n) is 6.52. The molecule has 2 aromatic heterocycles. The molecule has 0 amide bonds. The van der Waals surface area contributed by atoms with Gasteiger partial charge in [0.05, 0.1) is 45.0 Å². The second-order valence-electron chi connectivity index (χ2n) is 12.9. The summed E-state index contributed by atoms with van der Waals surface area (Å²) in [6.45, 7) is 1.63. The SMILES string of the molecule is CC(C)(CNc1c(C#N)cnc2c(C#N)cc(N[C@H](C3=CN(C45CC(C4)C5)NN3)c3ccc(F)c4ncccc34)cc12)C(F)(F)F. The predicted molar refractivity (Wildman–Crippen MR) is 164 cm³/mol. The van der Waals surface area contributed by atoms with Crippen molar-refractivity contribution in [2.75, 3.05) is 17.2 Å². The number of benzene rings is 2. The average Bonchev–Trinajstić information content (AvgIpc) is 3.46. The highest BCUT2D eigenvalue weighted by atomic mass is 19.4. The topological polar surface area (TPSA) is 125 Å². The summed E-state index contributed by atoms with van der Waals surface area (Å²) in [5.74, 6) is 0.281. The molecule has 4 aromatic rings. The maximum absolute atomic E-state index is 14.8. The van der Waals surface area contributed by atoms with Gasteiger partial charge >= 0.3 is 6.18 Å². The molecule has 2 aromatic carbocycles. The number of nitriles is 2. The van der Waals surface area contributed by atoms with Crippen LogP contribution in [0.2, 0.25) is 0 Å². The number of nitrogens with one attached hydrogen (secondary N) is 4. The second-order valence-corrected chi connectivity index (χ2v) is 12.9. The van der Waals surface area contributed by atoms with E-state index < -0.39 is 30.0 Å². The van der Waals surface area contributed by atoms with E-state index in [1.165, 1.54) is 18.5 Å². The zero-order valence-corrected chi connectivity index (χ0v) is 24.9. The lowest BCUT2D eigenvalue weighted by atomic mass is 9.49. The van der Waals surface area contributed by atoms with Crippen LogP contribution in [0.3, 0.4) is 0 Å². The molecule has 4 aliphatic rings. The van der Waals surface area contributed by atoms with Crippen molar-refractivity contribution in [3.63, 3.8) is 0 Å². The fourth-order valence-corrected chi connectivity index (χ4v) is 6.52. The number of pyridine rings is 2. The number of hydrogen-bond acceptors (Lipinski definition) is 9. The standard InChI is InChI=1S/C33H29F4N9/c1-31(2,33(35,36)37)17-42-28-20(14-39)15-41-27-19(13-38)8-21(9-24(27)28)43-30(23-5-6-25(34)29-22(23)4-3-7-40-29)26-16-46(45-44-26)32-10-18(11-32)12-32/h3-9,15-16,18,30,43-45H,10-12,17H2,1-2H3,(H,41,42)/t18?,30-,32?/m0/s1. The number of aromatic nitrogens is 2. The quantitative estimate of drug-likeness (QED) is 0.161. The van der Waals surface area contributed by atoms with E-state index in [0.29, 0.717) is 22.0 Å². The van der Waals surface area contributed by atoms with E-state index in [4.69, 9.17) is 0 Å². The number of alkyl halides is 3. The van der Waals surface area contributed by atoms with Gasteiger partial charge in [-0.3, -0.25) is 15.0 Å². The van der Waals surface area contributed by atoms with Gasteiger partial charge in [0, 0.05) is 41.6 Å². The molecular formula is C33H29F4N9. The molecule has 46 heavy (non-hydrogen) atoms. The van der Waals surface area contributed by atoms with Gasteiger partial charge in [-0.1, -0.05) is 12.1 Å². The van der Waals surface area contributed by atoms with Crippen molar-refractivity contribution in [3.05, 3.63) is 83.2 Å². The van der Waals surface area contributed by atoms with Crippen LogP contribution in [0.25, 0.3) is 21.8 Å². The van der Waals surface area contributed by atoms with Crippen LogP contribution >= 0.6 is 0 Å². The molecule has 13 heteroatoms. The summed E-state index contributed by atoms with van der Waals surface area (Å²) in [6, 6.07) is 13.3. The Kier molecular flexibility index (Phi) is 6.72. The third kappa shape index (κ3) is 4.70. The van der Waals surface area contributed by atoms with E-state index in [0.717, 1.165) is 44.7 Å². The van der Waals surface area contributed by atoms with Crippen molar-refractivity contribution in [1.29, 1.82) is 10.5 Å². The summed E-state index contributed by atoms with van der Waals surface area (Å²) in [7, 11) is 0. The average molecular weight is 628 g/mol. The first-order valence-electron chi connectivity index (χ1n) is 14.8. The zero-order valence-electron chi connectivity index (χ0n) is 24.9. The molecule has 9 nitrogen and oxygen atoms in total. The van der Waals surface area contributed by atoms with Gasteiger partial charge in [0.25, 0.3) is 0 Å². The molecule has 1 atom stereocenters. The molecule has 8 rings (SSSR count). The van der Waals surface area contributed by atoms with Crippen molar-refractivity contribution < 1.29 is 17.6 Å². The minimum absolute atomic E-state index is 0.0391. The highest BCUT2D eigenvalue weighted by molar-refractivity contribution is 5.99. The van der Waals surface area contributed by atoms with Crippen molar-refractivity contribution >= 4 is 33.2 Å². The van der Waals surface area contributed by atoms with Gasteiger partial charge in [-0.05, 0) is 68.9 Å². The lowest BCUT2D eigenvalue weighted by Crippen LogP contribution is -2.69. The van der Waals surface area contributed by atoms with Gasteiger partial charge in [0.1, 0.15) is 23.5 Å². The van der Waals surface area contributed by atoms with Crippen LogP contribution in [-0.2, 0) is 0 Å². The molecule has 3 heterocycles. The van der Waals surface area contributed by atoms with E-state index in [1.54, 1.807) is 30.3 Å². The van der Waals surface area contributed by atoms with Gasteiger partial charge in [0.15, 0.2) is 0 Å². The number of nitrogens with zero attached hydrogens (tertiary/aromatic N) is 5. The van der Waals surface area contributed by atoms with Gasteiger partial charge < -0.3 is 16.1 Å². The van der Waals surface area contributed by atoms with Gasteiger partial charge in [-0.2, -0.15) is 23.7 Å². The molecule has 0 spiro atoms. The number of hydrazine groups is 2. The molecule has 3 saturated carbocycles. The molecule has 0 saturated heterocycles. The summed E-state index contributed by atoms with van der Waals surface area (Å²) in [5.41, 5.74) is 7.15. The van der Waals surface area contributed by atoms with Crippen LogP contribution in [-0.4, -0.2) is 33.2 Å². The maximum Gasteiger partial charge on any atom is 0.395 e. The van der Waals surface area contributed by atoms with Crippen molar-refractivity contribution in [3.8, 4) is 12.1 Å². The van der Waals surface area contributed by atoms with E-state index in [9.17, 15) is 28.1 Å². The van der Waals surface area contributed by atoms with E-state index in [2.05, 4.69) is 42.6 Å². The van der Waals surface area contributed by atoms with E-state index in [1.807, 2.05) is 12.3 Å². The van der Waals surface area contributed by atoms with Crippen LogP contribution < -0.4 is 21.6 Å². The minimum Gasteiger partial charge on any atom is -0.382 e. The molecule has 4 N–H and O–H groups in total. The van der Waals surface area contributed by atoms with Crippen LogP contribution in [0.1, 0.15) is 55.8 Å². The Bertz CT molecular complexity index is 1990. The summed E-state index contributed by atoms with van der Waals surface area (Å²) in [6.07, 6.45) is 3.55. The summed E-state index contributed by atoms with van der Waals surface area (Å²) in [4.78, 5) is 8.57. The summed E-state index contributed by atoms with van der Waals surface area (Å²) in [5, 5.41) is 29.2. The maximum atomic E-state index is 14.8. The largest absolute Gasteiger partial charge is 0.395 e. The van der Waals surface area contributed by atoms with Crippen LogP contribution in [0, 0.1) is 39.8 Å². The second kappa shape index (κ2) is 10.5. The Labute approximate surface area is 261 Å². The number of halogens is 4. The third-order valence-corrected chi connectivity index (χ3v) is 9.48. The minimum atomic E-state index is -4.50. The Balaban J connectivity index is 1.34. The van der Waals surface area contributed by atoms with Crippen LogP contribution in [0.15, 0.2) is 60.7 Å². The lowest BCUT2D eigenvalue weighted by Gasteiger charge is -2.64. The molecule has 2 bridgehead atoms. The van der Waals surface area contributed by atoms with Gasteiger partial charge in [-0.25, -0.2) is 4.39 Å². The Hall–Kier alpha value is -5.14. The Morgan fingerprint density at radius 1 is 1.04 bits per heavy atom. The molecule has 1 aliphatic heterocycles. The van der Waals surface area contributed by atoms with Gasteiger partial charge in [0.2, 0.25) is 0 Å². The molecule has 234 valence electrons. The molecule has 3 fully saturated rings. The zero-order chi connectivity index (χ0) is 32.4. The van der Waals surface area contributed by atoms with E-state index in [-0.39, 0.29) is 33.4 Å². The monoisotopic (exact) mass is 627 g/mol. The van der Waals surface area contributed by atoms with Crippen molar-refractivity contribution in [1.82, 2.24) is 25.9 Å². The Morgan fingerprint density at radius 3 is 2.48 bits per heavy atom. The number of fused-ring (bicyclic) bond motifs is 2. The Morgan fingerprint density at radius 2 is 1.80 bits per heavy atom. The predicted octanol–water partition coefficient (Wildman–Crippen LogP) is 6.54. The van der Waals surface area contributed by atoms with Crippen LogP contribution in [0.4, 0.5) is 28.9 Å². The highest BCUT2D eigenvalue weighted by Gasteiger charge is 2.60. The first-order chi connectivity index (χ1) is 21.9. The first kappa shape index (κ1) is 29.6. The van der Waals surface area contributed by atoms with E-state index >= 15 is 0 Å². The first-order valence-corrected chi connectivity index (χ1v) is 14.8.